The number of alkyl carbamates (subject to hydrolysis) is 1. The van der Waals surface area contributed by atoms with Gasteiger partial charge in [0.2, 0.25) is 5.95 Å². The molecule has 0 aliphatic carbocycles. The fourth-order valence-corrected chi connectivity index (χ4v) is 4.96. The number of amides is 1. The van der Waals surface area contributed by atoms with E-state index in [0.717, 1.165) is 0 Å². The third-order valence-corrected chi connectivity index (χ3v) is 7.15. The van der Waals surface area contributed by atoms with Crippen LogP contribution in [0.1, 0.15) is 43.9 Å². The van der Waals surface area contributed by atoms with Gasteiger partial charge in [-0.25, -0.2) is 9.78 Å². The van der Waals surface area contributed by atoms with Gasteiger partial charge in [0.25, 0.3) is 0 Å². The molecule has 4 rings (SSSR count). The number of unbranched alkanes of at least 4 members (excludes halogenated alkanes) is 1. The molecule has 1 fully saturated rings. The van der Waals surface area contributed by atoms with Crippen molar-refractivity contribution in [2.45, 2.75) is 44.8 Å². The summed E-state index contributed by atoms with van der Waals surface area (Å²) in [5, 5.41) is 32.9. The zero-order chi connectivity index (χ0) is 30.9. The van der Waals surface area contributed by atoms with Gasteiger partial charge in [-0.1, -0.05) is 11.6 Å². The van der Waals surface area contributed by atoms with Gasteiger partial charge < -0.3 is 36.1 Å². The van der Waals surface area contributed by atoms with Crippen molar-refractivity contribution in [3.8, 4) is 12.1 Å². The molecule has 1 saturated heterocycles. The molecule has 0 radical (unpaired) electrons. The number of nitriles is 2. The molecule has 1 aliphatic rings. The van der Waals surface area contributed by atoms with Crippen molar-refractivity contribution in [1.29, 1.82) is 10.5 Å². The van der Waals surface area contributed by atoms with E-state index in [1.54, 1.807) is 12.1 Å². The molecule has 3 heterocycles. The Morgan fingerprint density at radius 2 is 2.05 bits per heavy atom. The SMILES string of the molecule is CCNc1nc(Nc2cc(C#N)cc(N3CCC(NC(=O)OC)C(OC(=O)CCCCN)C3)c2Cl)nn2c(C#N)cnc12.Cl. The van der Waals surface area contributed by atoms with Gasteiger partial charge in [0.1, 0.15) is 12.2 Å². The summed E-state index contributed by atoms with van der Waals surface area (Å²) in [5.74, 6) is 0.119. The van der Waals surface area contributed by atoms with Crippen LogP contribution in [-0.2, 0) is 14.3 Å². The average Bonchev–Trinajstić information content (AvgIpc) is 3.42. The lowest BCUT2D eigenvalue weighted by atomic mass is 10.00. The van der Waals surface area contributed by atoms with E-state index < -0.39 is 24.2 Å². The minimum Gasteiger partial charge on any atom is -0.458 e. The number of benzene rings is 1. The molecule has 2 unspecified atom stereocenters. The van der Waals surface area contributed by atoms with Crippen molar-refractivity contribution >= 4 is 64.9 Å². The van der Waals surface area contributed by atoms with Crippen LogP contribution in [0, 0.1) is 22.7 Å². The number of esters is 1. The molecule has 2 aromatic heterocycles. The Hall–Kier alpha value is -4.57. The van der Waals surface area contributed by atoms with E-state index in [9.17, 15) is 20.1 Å². The smallest absolute Gasteiger partial charge is 0.407 e. The van der Waals surface area contributed by atoms with Crippen molar-refractivity contribution in [3.63, 3.8) is 0 Å². The van der Waals surface area contributed by atoms with Gasteiger partial charge in [0.05, 0.1) is 53.9 Å². The fraction of sp³-hybridized carbons (Fsp3) is 0.444. The average molecular weight is 647 g/mol. The molecule has 234 valence electrons. The van der Waals surface area contributed by atoms with Crippen molar-refractivity contribution < 1.29 is 19.1 Å². The highest BCUT2D eigenvalue weighted by Crippen LogP contribution is 2.37. The van der Waals surface area contributed by atoms with Crippen LogP contribution in [0.2, 0.25) is 5.02 Å². The lowest BCUT2D eigenvalue weighted by Gasteiger charge is -2.39. The number of hydrogen-bond donors (Lipinski definition) is 4. The van der Waals surface area contributed by atoms with Gasteiger partial charge in [-0.2, -0.15) is 20.0 Å². The summed E-state index contributed by atoms with van der Waals surface area (Å²) in [6, 6.07) is 6.90. The highest BCUT2D eigenvalue weighted by atomic mass is 35.5. The summed E-state index contributed by atoms with van der Waals surface area (Å²) in [4.78, 5) is 35.2. The first-order valence-electron chi connectivity index (χ1n) is 13.7. The second-order valence-corrected chi connectivity index (χ2v) is 10.0. The van der Waals surface area contributed by atoms with E-state index in [-0.39, 0.29) is 42.0 Å². The molecule has 3 aromatic rings. The Kier molecular flexibility index (Phi) is 12.2. The van der Waals surface area contributed by atoms with Crippen LogP contribution in [0.5, 0.6) is 0 Å². The van der Waals surface area contributed by atoms with E-state index in [1.807, 2.05) is 17.9 Å². The summed E-state index contributed by atoms with van der Waals surface area (Å²) in [7, 11) is 1.26. The Balaban J connectivity index is 0.00000529. The first-order chi connectivity index (χ1) is 20.8. The zero-order valence-corrected chi connectivity index (χ0v) is 25.7. The highest BCUT2D eigenvalue weighted by molar-refractivity contribution is 6.36. The maximum absolute atomic E-state index is 12.6. The first-order valence-corrected chi connectivity index (χ1v) is 14.1. The summed E-state index contributed by atoms with van der Waals surface area (Å²) < 4.78 is 11.9. The molecule has 15 nitrogen and oxygen atoms in total. The predicted molar refractivity (Wildman–Crippen MR) is 165 cm³/mol. The predicted octanol–water partition coefficient (Wildman–Crippen LogP) is 3.09. The van der Waals surface area contributed by atoms with Crippen molar-refractivity contribution in [3.05, 3.63) is 34.6 Å². The van der Waals surface area contributed by atoms with Crippen LogP contribution in [0.15, 0.2) is 18.3 Å². The van der Waals surface area contributed by atoms with Gasteiger partial charge in [0.15, 0.2) is 17.2 Å². The number of fused-ring (bicyclic) bond motifs is 1. The van der Waals surface area contributed by atoms with Crippen LogP contribution < -0.4 is 26.6 Å². The molecular formula is C27H33Cl2N11O4. The van der Waals surface area contributed by atoms with E-state index in [4.69, 9.17) is 26.8 Å². The molecule has 1 amide bonds. The van der Waals surface area contributed by atoms with Crippen molar-refractivity contribution in [2.75, 3.05) is 48.8 Å². The Morgan fingerprint density at radius 3 is 2.73 bits per heavy atom. The lowest BCUT2D eigenvalue weighted by molar-refractivity contribution is -0.150. The molecular weight excluding hydrogens is 613 g/mol. The highest BCUT2D eigenvalue weighted by Gasteiger charge is 2.35. The third-order valence-electron chi connectivity index (χ3n) is 6.76. The molecule has 1 aromatic carbocycles. The number of halogens is 2. The summed E-state index contributed by atoms with van der Waals surface area (Å²) in [6.07, 6.45) is 1.93. The number of carbonyl (C=O) groups is 2. The Bertz CT molecular complexity index is 1570. The van der Waals surface area contributed by atoms with Gasteiger partial charge in [0, 0.05) is 19.5 Å². The Labute approximate surface area is 265 Å². The molecule has 0 bridgehead atoms. The van der Waals surface area contributed by atoms with Crippen molar-refractivity contribution in [2.24, 2.45) is 5.73 Å². The second kappa shape index (κ2) is 15.8. The topological polar surface area (TPSA) is 209 Å². The van der Waals surface area contributed by atoms with Crippen LogP contribution in [0.3, 0.4) is 0 Å². The number of piperidine rings is 1. The number of nitrogens with two attached hydrogens (primary N) is 1. The summed E-state index contributed by atoms with van der Waals surface area (Å²) in [6.45, 7) is 3.54. The van der Waals surface area contributed by atoms with E-state index in [1.165, 1.54) is 17.8 Å². The van der Waals surface area contributed by atoms with E-state index >= 15 is 0 Å². The molecule has 5 N–H and O–H groups in total. The summed E-state index contributed by atoms with van der Waals surface area (Å²) >= 11 is 6.89. The monoisotopic (exact) mass is 645 g/mol. The number of imidazole rings is 1. The molecule has 0 saturated carbocycles. The number of aromatic nitrogens is 4. The summed E-state index contributed by atoms with van der Waals surface area (Å²) in [5.41, 5.74) is 7.30. The van der Waals surface area contributed by atoms with Gasteiger partial charge >= 0.3 is 12.1 Å². The number of carbonyl (C=O) groups excluding carboxylic acids is 2. The van der Waals surface area contributed by atoms with Gasteiger partial charge in [-0.3, -0.25) is 4.79 Å². The zero-order valence-electron chi connectivity index (χ0n) is 24.2. The number of anilines is 4. The number of nitrogens with one attached hydrogen (secondary N) is 3. The van der Waals surface area contributed by atoms with Crippen LogP contribution in [-0.4, -0.2) is 77.1 Å². The van der Waals surface area contributed by atoms with E-state index in [0.29, 0.717) is 67.3 Å². The van der Waals surface area contributed by atoms with Crippen LogP contribution in [0.25, 0.3) is 5.65 Å². The maximum atomic E-state index is 12.6. The number of ether oxygens (including phenoxy) is 2. The molecule has 17 heteroatoms. The molecule has 2 atom stereocenters. The lowest BCUT2D eigenvalue weighted by Crippen LogP contribution is -2.55. The van der Waals surface area contributed by atoms with Gasteiger partial charge in [-0.15, -0.1) is 17.5 Å². The maximum Gasteiger partial charge on any atom is 0.407 e. The number of rotatable bonds is 11. The second-order valence-electron chi connectivity index (χ2n) is 9.65. The molecule has 44 heavy (non-hydrogen) atoms. The standard InChI is InChI=1S/C27H32ClN11O4.ClH/c1-3-32-24-25-33-14-17(13-31)39(25)37-26(36-24)34-19-10-16(12-30)11-20(23(19)28)38-9-7-18(35-27(41)42-2)21(15-38)43-22(40)6-4-5-8-29;/h10-11,14,18,21H,3-9,15,29H2,1-2H3,(H,35,41)(H2,32,34,36,37);1H. The normalized spacial score (nSPS) is 15.8. The van der Waals surface area contributed by atoms with Crippen LogP contribution in [0.4, 0.5) is 27.9 Å². The Morgan fingerprint density at radius 1 is 1.25 bits per heavy atom. The number of methoxy groups -OCH3 is 1. The number of nitrogens with zero attached hydrogens (tertiary/aromatic N) is 7. The third kappa shape index (κ3) is 7.87. The van der Waals surface area contributed by atoms with Gasteiger partial charge in [-0.05, 0) is 44.9 Å². The van der Waals surface area contributed by atoms with E-state index in [2.05, 4.69) is 37.1 Å². The first kappa shape index (κ1) is 33.9. The largest absolute Gasteiger partial charge is 0.458 e. The fourth-order valence-electron chi connectivity index (χ4n) is 4.68. The van der Waals surface area contributed by atoms with Crippen LogP contribution >= 0.6 is 24.0 Å². The quantitative estimate of drug-likeness (QED) is 0.175. The minimum atomic E-state index is -0.712. The molecule has 1 aliphatic heterocycles. The minimum absolute atomic E-state index is 0. The molecule has 0 spiro atoms. The van der Waals surface area contributed by atoms with Crippen molar-refractivity contribution in [1.82, 2.24) is 24.9 Å². The number of hydrogen-bond acceptors (Lipinski definition) is 13.